The van der Waals surface area contributed by atoms with Crippen molar-refractivity contribution in [3.63, 3.8) is 0 Å². The molecule has 1 aromatic heterocycles. The lowest BCUT2D eigenvalue weighted by Gasteiger charge is -2.32. The first kappa shape index (κ1) is 28.6. The Bertz CT molecular complexity index is 1690. The van der Waals surface area contributed by atoms with Crippen LogP contribution >= 0.6 is 0 Å². The fourth-order valence-corrected chi connectivity index (χ4v) is 5.47. The van der Waals surface area contributed by atoms with Crippen molar-refractivity contribution in [2.45, 2.75) is 51.2 Å². The number of ether oxygens (including phenoxy) is 3. The number of nitrogens with zero attached hydrogens (tertiary/aromatic N) is 4. The normalized spacial score (nSPS) is 17.4. The van der Waals surface area contributed by atoms with Crippen LogP contribution < -0.4 is 9.47 Å². The standard InChI is InChI=1S/C32H30F2N4O5/c33-23-4-5-29(22(13-23)16-35)42-19-20-2-1-3-25(12-20)43-24-6-9-37(10-7-24)18-30-36-31-27(34)14-21(32(39)40)15-28(31)38(30)17-26-8-11-41-26/h1-5,12-15,24,26H,6-11,17-19H2,(H,39,40)/t26-/m0/s1. The molecule has 1 atom stereocenters. The zero-order chi connectivity index (χ0) is 29.9. The maximum absolute atomic E-state index is 14.8. The van der Waals surface area contributed by atoms with Crippen molar-refractivity contribution in [2.24, 2.45) is 0 Å². The van der Waals surface area contributed by atoms with Gasteiger partial charge in [0.15, 0.2) is 5.82 Å². The second-order valence-corrected chi connectivity index (χ2v) is 10.8. The molecular weight excluding hydrogens is 558 g/mol. The molecule has 222 valence electrons. The first-order chi connectivity index (χ1) is 20.9. The molecule has 6 rings (SSSR count). The molecule has 0 bridgehead atoms. The molecule has 2 fully saturated rings. The van der Waals surface area contributed by atoms with Gasteiger partial charge in [0.05, 0.1) is 35.8 Å². The van der Waals surface area contributed by atoms with Crippen molar-refractivity contribution in [1.29, 1.82) is 5.26 Å². The third-order valence-electron chi connectivity index (χ3n) is 7.87. The molecule has 4 aromatic rings. The van der Waals surface area contributed by atoms with Crippen LogP contribution in [0.25, 0.3) is 11.0 Å². The van der Waals surface area contributed by atoms with Crippen LogP contribution in [-0.2, 0) is 24.4 Å². The lowest BCUT2D eigenvalue weighted by Crippen LogP contribution is -2.39. The van der Waals surface area contributed by atoms with Crippen LogP contribution in [0.15, 0.2) is 54.6 Å². The molecule has 0 amide bonds. The van der Waals surface area contributed by atoms with Crippen LogP contribution in [0.3, 0.4) is 0 Å². The number of carboxylic acid groups (broad SMARTS) is 1. The molecule has 0 aliphatic carbocycles. The summed E-state index contributed by atoms with van der Waals surface area (Å²) in [4.78, 5) is 18.4. The summed E-state index contributed by atoms with van der Waals surface area (Å²) in [6, 6.07) is 15.9. The maximum atomic E-state index is 14.8. The van der Waals surface area contributed by atoms with E-state index in [0.717, 1.165) is 50.0 Å². The minimum atomic E-state index is -1.18. The number of nitriles is 1. The second-order valence-electron chi connectivity index (χ2n) is 10.8. The Hall–Kier alpha value is -4.53. The highest BCUT2D eigenvalue weighted by molar-refractivity contribution is 5.92. The van der Waals surface area contributed by atoms with E-state index in [9.17, 15) is 23.9 Å². The number of imidazole rings is 1. The zero-order valence-electron chi connectivity index (χ0n) is 23.3. The Balaban J connectivity index is 1.08. The lowest BCUT2D eigenvalue weighted by molar-refractivity contribution is -0.0592. The van der Waals surface area contributed by atoms with Gasteiger partial charge in [-0.05, 0) is 67.3 Å². The molecule has 2 aliphatic rings. The molecular formula is C32H30F2N4O5. The number of carboxylic acids is 1. The van der Waals surface area contributed by atoms with Crippen molar-refractivity contribution < 1.29 is 32.9 Å². The summed E-state index contributed by atoms with van der Waals surface area (Å²) in [7, 11) is 0. The van der Waals surface area contributed by atoms with Crippen LogP contribution in [0.2, 0.25) is 0 Å². The van der Waals surface area contributed by atoms with E-state index in [-0.39, 0.29) is 35.5 Å². The molecule has 2 aliphatic heterocycles. The molecule has 3 aromatic carbocycles. The first-order valence-corrected chi connectivity index (χ1v) is 14.2. The predicted octanol–water partition coefficient (Wildman–Crippen LogP) is 5.30. The van der Waals surface area contributed by atoms with E-state index in [1.165, 1.54) is 18.2 Å². The summed E-state index contributed by atoms with van der Waals surface area (Å²) >= 11 is 0. The molecule has 0 unspecified atom stereocenters. The quantitative estimate of drug-likeness (QED) is 0.266. The predicted molar refractivity (Wildman–Crippen MR) is 152 cm³/mol. The third-order valence-corrected chi connectivity index (χ3v) is 7.87. The van der Waals surface area contributed by atoms with Crippen molar-refractivity contribution in [1.82, 2.24) is 14.5 Å². The summed E-state index contributed by atoms with van der Waals surface area (Å²) in [5, 5.41) is 18.7. The Morgan fingerprint density at radius 3 is 2.65 bits per heavy atom. The van der Waals surface area contributed by atoms with Crippen molar-refractivity contribution in [3.8, 4) is 17.6 Å². The summed E-state index contributed by atoms with van der Waals surface area (Å²) in [6.07, 6.45) is 2.46. The van der Waals surface area contributed by atoms with E-state index in [0.29, 0.717) is 42.5 Å². The van der Waals surface area contributed by atoms with E-state index >= 15 is 0 Å². The van der Waals surface area contributed by atoms with E-state index in [1.807, 2.05) is 34.9 Å². The van der Waals surface area contributed by atoms with Crippen LogP contribution in [0.5, 0.6) is 11.5 Å². The largest absolute Gasteiger partial charge is 0.490 e. The van der Waals surface area contributed by atoms with Gasteiger partial charge < -0.3 is 23.9 Å². The van der Waals surface area contributed by atoms with Gasteiger partial charge in [0, 0.05) is 19.7 Å². The van der Waals surface area contributed by atoms with Gasteiger partial charge in [-0.15, -0.1) is 0 Å². The van der Waals surface area contributed by atoms with Crippen LogP contribution in [-0.4, -0.2) is 57.4 Å². The van der Waals surface area contributed by atoms with Gasteiger partial charge in [-0.1, -0.05) is 12.1 Å². The van der Waals surface area contributed by atoms with Gasteiger partial charge >= 0.3 is 5.97 Å². The summed E-state index contributed by atoms with van der Waals surface area (Å²) in [5.41, 5.74) is 1.53. The SMILES string of the molecule is N#Cc1cc(F)ccc1OCc1cccc(OC2CCN(Cc3nc4c(F)cc(C(=O)O)cc4n3C[C@@H]3CCO3)CC2)c1. The number of aromatic carboxylic acids is 1. The maximum Gasteiger partial charge on any atom is 0.335 e. The molecule has 9 nitrogen and oxygen atoms in total. The number of fused-ring (bicyclic) bond motifs is 1. The molecule has 11 heteroatoms. The summed E-state index contributed by atoms with van der Waals surface area (Å²) in [5.74, 6) is -0.605. The highest BCUT2D eigenvalue weighted by atomic mass is 19.1. The average molecular weight is 589 g/mol. The number of piperidine rings is 1. The molecule has 0 radical (unpaired) electrons. The van der Waals surface area contributed by atoms with E-state index in [2.05, 4.69) is 9.88 Å². The van der Waals surface area contributed by atoms with E-state index in [4.69, 9.17) is 14.2 Å². The summed E-state index contributed by atoms with van der Waals surface area (Å²) < 4.78 is 47.8. The van der Waals surface area contributed by atoms with Crippen molar-refractivity contribution in [2.75, 3.05) is 19.7 Å². The number of rotatable bonds is 10. The zero-order valence-corrected chi connectivity index (χ0v) is 23.3. The van der Waals surface area contributed by atoms with Gasteiger partial charge in [-0.3, -0.25) is 4.90 Å². The van der Waals surface area contributed by atoms with Crippen LogP contribution in [0, 0.1) is 23.0 Å². The highest BCUT2D eigenvalue weighted by Crippen LogP contribution is 2.27. The second kappa shape index (κ2) is 12.4. The van der Waals surface area contributed by atoms with E-state index in [1.54, 1.807) is 0 Å². The fraction of sp³-hybridized carbons (Fsp3) is 0.344. The molecule has 3 heterocycles. The average Bonchev–Trinajstić information content (AvgIpc) is 3.32. The Labute approximate surface area is 246 Å². The van der Waals surface area contributed by atoms with Gasteiger partial charge in [0.2, 0.25) is 0 Å². The monoisotopic (exact) mass is 588 g/mol. The Morgan fingerprint density at radius 2 is 1.93 bits per heavy atom. The molecule has 1 N–H and O–H groups in total. The smallest absolute Gasteiger partial charge is 0.335 e. The Morgan fingerprint density at radius 1 is 1.12 bits per heavy atom. The van der Waals surface area contributed by atoms with Crippen molar-refractivity contribution in [3.05, 3.63) is 88.7 Å². The van der Waals surface area contributed by atoms with Gasteiger partial charge in [0.1, 0.15) is 47.4 Å². The number of likely N-dealkylation sites (tertiary alicyclic amines) is 1. The summed E-state index contributed by atoms with van der Waals surface area (Å²) in [6.45, 7) is 3.38. The number of hydrogen-bond donors (Lipinski definition) is 1. The van der Waals surface area contributed by atoms with Gasteiger partial charge in [-0.2, -0.15) is 5.26 Å². The molecule has 0 saturated carbocycles. The highest BCUT2D eigenvalue weighted by Gasteiger charge is 2.27. The molecule has 0 spiro atoms. The Kier molecular flexibility index (Phi) is 8.22. The topological polar surface area (TPSA) is 110 Å². The van der Waals surface area contributed by atoms with Gasteiger partial charge in [0.25, 0.3) is 0 Å². The number of carbonyl (C=O) groups is 1. The first-order valence-electron chi connectivity index (χ1n) is 14.2. The lowest BCUT2D eigenvalue weighted by atomic mass is 10.1. The minimum absolute atomic E-state index is 0.00270. The number of halogens is 2. The number of aromatic nitrogens is 2. The number of hydrogen-bond acceptors (Lipinski definition) is 7. The molecule has 43 heavy (non-hydrogen) atoms. The molecule has 2 saturated heterocycles. The fourth-order valence-electron chi connectivity index (χ4n) is 5.47. The van der Waals surface area contributed by atoms with Crippen LogP contribution in [0.4, 0.5) is 8.78 Å². The van der Waals surface area contributed by atoms with Crippen LogP contribution in [0.1, 0.15) is 46.6 Å². The number of benzene rings is 3. The van der Waals surface area contributed by atoms with E-state index < -0.39 is 17.6 Å². The van der Waals surface area contributed by atoms with Crippen molar-refractivity contribution >= 4 is 17.0 Å². The third kappa shape index (κ3) is 6.45. The minimum Gasteiger partial charge on any atom is -0.490 e. The van der Waals surface area contributed by atoms with Gasteiger partial charge in [-0.25, -0.2) is 18.6 Å².